The Kier molecular flexibility index (Phi) is 3.83. The molecule has 0 unspecified atom stereocenters. The summed E-state index contributed by atoms with van der Waals surface area (Å²) in [7, 11) is 0. The number of hydrogen-bond donors (Lipinski definition) is 0. The summed E-state index contributed by atoms with van der Waals surface area (Å²) in [5.41, 5.74) is 1.35. The molecule has 0 spiro atoms. The lowest BCUT2D eigenvalue weighted by molar-refractivity contribution is 0.199. The van der Waals surface area contributed by atoms with Gasteiger partial charge in [-0.2, -0.15) is 0 Å². The molecule has 0 aromatic rings. The lowest BCUT2D eigenvalue weighted by Crippen LogP contribution is -2.36. The van der Waals surface area contributed by atoms with Gasteiger partial charge in [-0.25, -0.2) is 0 Å². The highest BCUT2D eigenvalue weighted by atomic mass is 15.2. The Hall–Kier alpha value is -0.460. The third kappa shape index (κ3) is 3.06. The fourth-order valence-corrected chi connectivity index (χ4v) is 2.16. The van der Waals surface area contributed by atoms with Gasteiger partial charge in [0.2, 0.25) is 0 Å². The van der Waals surface area contributed by atoms with Crippen LogP contribution in [0.4, 0.5) is 0 Å². The zero-order chi connectivity index (χ0) is 9.84. The molecule has 0 saturated carbocycles. The monoisotopic (exact) mass is 181 g/mol. The van der Waals surface area contributed by atoms with E-state index in [2.05, 4.69) is 32.3 Å². The average molecular weight is 181 g/mol. The van der Waals surface area contributed by atoms with Crippen molar-refractivity contribution >= 4 is 0 Å². The highest BCUT2D eigenvalue weighted by Gasteiger charge is 2.19. The lowest BCUT2D eigenvalue weighted by atomic mass is 10.0. The molecule has 1 rings (SSSR count). The molecule has 0 aromatic heterocycles. The maximum Gasteiger partial charge on any atom is 0.0258 e. The minimum absolute atomic E-state index is 0.722. The predicted molar refractivity (Wildman–Crippen MR) is 58.6 cm³/mol. The van der Waals surface area contributed by atoms with Crippen LogP contribution in [0.1, 0.15) is 46.5 Å². The van der Waals surface area contributed by atoms with Crippen molar-refractivity contribution in [3.05, 3.63) is 12.3 Å². The van der Waals surface area contributed by atoms with Crippen LogP contribution in [0.15, 0.2) is 12.3 Å². The molecule has 0 aromatic carbocycles. The van der Waals surface area contributed by atoms with E-state index >= 15 is 0 Å². The van der Waals surface area contributed by atoms with Crippen LogP contribution in [0, 0.1) is 5.92 Å². The van der Waals surface area contributed by atoms with Crippen LogP contribution in [0.2, 0.25) is 0 Å². The van der Waals surface area contributed by atoms with E-state index < -0.39 is 0 Å². The van der Waals surface area contributed by atoms with Gasteiger partial charge in [-0.05, 0) is 38.5 Å². The smallest absolute Gasteiger partial charge is 0.0258 e. The zero-order valence-corrected chi connectivity index (χ0v) is 9.34. The number of likely N-dealkylation sites (tertiary alicyclic amines) is 1. The molecular formula is C12H23N. The normalized spacial score (nSPS) is 23.7. The van der Waals surface area contributed by atoms with Crippen molar-refractivity contribution in [2.24, 2.45) is 5.92 Å². The number of hydrogen-bond acceptors (Lipinski definition) is 1. The Labute approximate surface area is 82.8 Å². The molecule has 0 radical (unpaired) electrons. The fourth-order valence-electron chi connectivity index (χ4n) is 2.16. The van der Waals surface area contributed by atoms with Crippen molar-refractivity contribution < 1.29 is 0 Å². The molecule has 0 aliphatic carbocycles. The van der Waals surface area contributed by atoms with E-state index in [0.717, 1.165) is 18.4 Å². The van der Waals surface area contributed by atoms with Crippen LogP contribution < -0.4 is 0 Å². The summed E-state index contributed by atoms with van der Waals surface area (Å²) < 4.78 is 0. The number of allylic oxidation sites excluding steroid dienone is 1. The third-order valence-corrected chi connectivity index (χ3v) is 2.85. The molecule has 0 amide bonds. The molecule has 1 heterocycles. The molecule has 0 N–H and O–H groups in total. The Morgan fingerprint density at radius 3 is 2.69 bits per heavy atom. The Balaban J connectivity index is 2.44. The van der Waals surface area contributed by atoms with E-state index in [0.29, 0.717) is 0 Å². The second-order valence-corrected chi connectivity index (χ2v) is 4.70. The van der Waals surface area contributed by atoms with Gasteiger partial charge in [0.1, 0.15) is 0 Å². The predicted octanol–water partition coefficient (Wildman–Crippen LogP) is 3.42. The number of rotatable bonds is 3. The van der Waals surface area contributed by atoms with Crippen molar-refractivity contribution in [3.63, 3.8) is 0 Å². The van der Waals surface area contributed by atoms with Crippen LogP contribution in [-0.2, 0) is 0 Å². The molecule has 1 aliphatic heterocycles. The molecule has 1 heteroatoms. The third-order valence-electron chi connectivity index (χ3n) is 2.85. The van der Waals surface area contributed by atoms with Crippen molar-refractivity contribution in [2.45, 2.75) is 52.5 Å². The largest absolute Gasteiger partial charge is 0.373 e. The van der Waals surface area contributed by atoms with E-state index in [4.69, 9.17) is 0 Å². The Bertz CT molecular complexity index is 172. The highest BCUT2D eigenvalue weighted by Crippen LogP contribution is 2.23. The van der Waals surface area contributed by atoms with Gasteiger partial charge in [0.05, 0.1) is 0 Å². The van der Waals surface area contributed by atoms with Gasteiger partial charge < -0.3 is 4.90 Å². The summed E-state index contributed by atoms with van der Waals surface area (Å²) >= 11 is 0. The average Bonchev–Trinajstić information content (AvgIpc) is 2.03. The van der Waals surface area contributed by atoms with E-state index in [1.54, 1.807) is 0 Å². The maximum atomic E-state index is 4.19. The van der Waals surface area contributed by atoms with Crippen LogP contribution in [0.3, 0.4) is 0 Å². The minimum atomic E-state index is 0.722. The first-order valence-electron chi connectivity index (χ1n) is 5.55. The second-order valence-electron chi connectivity index (χ2n) is 4.70. The number of nitrogens with zero attached hydrogens (tertiary/aromatic N) is 1. The van der Waals surface area contributed by atoms with Crippen LogP contribution in [0.25, 0.3) is 0 Å². The van der Waals surface area contributed by atoms with Gasteiger partial charge >= 0.3 is 0 Å². The topological polar surface area (TPSA) is 3.24 Å². The van der Waals surface area contributed by atoms with Crippen molar-refractivity contribution in [1.29, 1.82) is 0 Å². The van der Waals surface area contributed by atoms with E-state index in [1.807, 2.05) is 0 Å². The molecular weight excluding hydrogens is 158 g/mol. The summed E-state index contributed by atoms with van der Waals surface area (Å²) in [6.07, 6.45) is 5.25. The minimum Gasteiger partial charge on any atom is -0.373 e. The first-order chi connectivity index (χ1) is 6.11. The van der Waals surface area contributed by atoms with Gasteiger partial charge in [0, 0.05) is 18.3 Å². The Morgan fingerprint density at radius 2 is 2.15 bits per heavy atom. The van der Waals surface area contributed by atoms with E-state index in [1.165, 1.54) is 31.5 Å². The van der Waals surface area contributed by atoms with Crippen LogP contribution >= 0.6 is 0 Å². The maximum absolute atomic E-state index is 4.19. The quantitative estimate of drug-likeness (QED) is 0.645. The van der Waals surface area contributed by atoms with Gasteiger partial charge in [-0.3, -0.25) is 0 Å². The van der Waals surface area contributed by atoms with E-state index in [-0.39, 0.29) is 0 Å². The van der Waals surface area contributed by atoms with Crippen molar-refractivity contribution in [3.8, 4) is 0 Å². The summed E-state index contributed by atoms with van der Waals surface area (Å²) in [5, 5.41) is 0. The van der Waals surface area contributed by atoms with Gasteiger partial charge in [0.25, 0.3) is 0 Å². The zero-order valence-electron chi connectivity index (χ0n) is 9.34. The molecule has 1 nitrogen and oxygen atoms in total. The Morgan fingerprint density at radius 1 is 1.46 bits per heavy atom. The lowest BCUT2D eigenvalue weighted by Gasteiger charge is -2.37. The molecule has 76 valence electrons. The van der Waals surface area contributed by atoms with Gasteiger partial charge in [-0.15, -0.1) is 0 Å². The first-order valence-corrected chi connectivity index (χ1v) is 5.55. The van der Waals surface area contributed by atoms with Crippen LogP contribution in [-0.4, -0.2) is 17.5 Å². The molecule has 1 aliphatic rings. The molecule has 1 saturated heterocycles. The van der Waals surface area contributed by atoms with Gasteiger partial charge in [0.15, 0.2) is 0 Å². The van der Waals surface area contributed by atoms with Crippen LogP contribution in [0.5, 0.6) is 0 Å². The number of piperidine rings is 1. The molecule has 0 bridgehead atoms. The molecule has 1 atom stereocenters. The summed E-state index contributed by atoms with van der Waals surface area (Å²) in [5.74, 6) is 0.738. The molecule has 1 fully saturated rings. The van der Waals surface area contributed by atoms with Crippen molar-refractivity contribution in [1.82, 2.24) is 4.90 Å². The summed E-state index contributed by atoms with van der Waals surface area (Å²) in [4.78, 5) is 2.50. The van der Waals surface area contributed by atoms with Crippen molar-refractivity contribution in [2.75, 3.05) is 6.54 Å². The summed E-state index contributed by atoms with van der Waals surface area (Å²) in [6, 6.07) is 0.722. The van der Waals surface area contributed by atoms with E-state index in [9.17, 15) is 0 Å². The second kappa shape index (κ2) is 4.69. The summed E-state index contributed by atoms with van der Waals surface area (Å²) in [6.45, 7) is 12.3. The highest BCUT2D eigenvalue weighted by molar-refractivity contribution is 4.98. The first kappa shape index (κ1) is 10.6. The molecule has 13 heavy (non-hydrogen) atoms. The standard InChI is InChI=1S/C12H23N/c1-10(2)9-12(4)13-8-6-5-7-11(13)3/h10-11H,4-9H2,1-3H3/t11-/m0/s1. The van der Waals surface area contributed by atoms with Gasteiger partial charge in [-0.1, -0.05) is 20.4 Å². The SMILES string of the molecule is C=C(CC(C)C)N1CCCC[C@@H]1C. The fraction of sp³-hybridized carbons (Fsp3) is 0.833.